The van der Waals surface area contributed by atoms with Crippen molar-refractivity contribution in [1.29, 1.82) is 0 Å². The van der Waals surface area contributed by atoms with Gasteiger partial charge in [0.1, 0.15) is 5.76 Å². The summed E-state index contributed by atoms with van der Waals surface area (Å²) in [6, 6.07) is 10.1. The summed E-state index contributed by atoms with van der Waals surface area (Å²) in [5.74, 6) is 1.00. The Morgan fingerprint density at radius 2 is 2.10 bits per heavy atom. The number of carbonyl (C=O) groups is 1. The van der Waals surface area contributed by atoms with Gasteiger partial charge in [-0.25, -0.2) is 0 Å². The average Bonchev–Trinajstić information content (AvgIpc) is 2.91. The molecule has 1 aliphatic heterocycles. The highest BCUT2D eigenvalue weighted by Crippen LogP contribution is 2.18. The second-order valence-electron chi connectivity index (χ2n) is 5.60. The normalized spacial score (nSPS) is 17.3. The van der Waals surface area contributed by atoms with E-state index in [4.69, 9.17) is 4.42 Å². The van der Waals surface area contributed by atoms with Crippen LogP contribution in [0.15, 0.2) is 41.0 Å². The first kappa shape index (κ1) is 13.9. The molecule has 2 aromatic rings. The van der Waals surface area contributed by atoms with E-state index in [0.717, 1.165) is 24.3 Å². The fourth-order valence-electron chi connectivity index (χ4n) is 2.80. The third-order valence-corrected chi connectivity index (χ3v) is 4.13. The van der Waals surface area contributed by atoms with Gasteiger partial charge in [-0.3, -0.25) is 4.79 Å². The van der Waals surface area contributed by atoms with Gasteiger partial charge < -0.3 is 14.6 Å². The summed E-state index contributed by atoms with van der Waals surface area (Å²) in [6.07, 6.45) is 2.42. The van der Waals surface area contributed by atoms with Gasteiger partial charge in [0, 0.05) is 25.7 Å². The zero-order valence-corrected chi connectivity index (χ0v) is 12.4. The van der Waals surface area contributed by atoms with Gasteiger partial charge in [0.25, 0.3) is 0 Å². The van der Waals surface area contributed by atoms with Crippen LogP contribution in [0.3, 0.4) is 0 Å². The lowest BCUT2D eigenvalue weighted by Gasteiger charge is -2.29. The van der Waals surface area contributed by atoms with Gasteiger partial charge in [-0.05, 0) is 30.5 Å². The molecule has 1 aromatic heterocycles. The number of aryl methyl sites for hydroxylation is 1. The summed E-state index contributed by atoms with van der Waals surface area (Å²) >= 11 is 0. The first-order valence-corrected chi connectivity index (χ1v) is 7.23. The summed E-state index contributed by atoms with van der Waals surface area (Å²) < 4.78 is 5.28. The monoisotopic (exact) mass is 284 g/mol. The lowest BCUT2D eigenvalue weighted by Crippen LogP contribution is -2.48. The van der Waals surface area contributed by atoms with Crippen molar-refractivity contribution in [3.05, 3.63) is 59.0 Å². The van der Waals surface area contributed by atoms with E-state index in [0.29, 0.717) is 6.54 Å². The highest BCUT2D eigenvalue weighted by molar-refractivity contribution is 5.82. The van der Waals surface area contributed by atoms with Crippen molar-refractivity contribution in [2.45, 2.75) is 32.5 Å². The van der Waals surface area contributed by atoms with E-state index in [1.807, 2.05) is 32.2 Å². The number of nitrogens with one attached hydrogen (secondary N) is 1. The number of carbonyl (C=O) groups excluding carboxylic acids is 1. The van der Waals surface area contributed by atoms with Crippen LogP contribution in [0.25, 0.3) is 0 Å². The van der Waals surface area contributed by atoms with Crippen molar-refractivity contribution < 1.29 is 9.21 Å². The summed E-state index contributed by atoms with van der Waals surface area (Å²) in [5.41, 5.74) is 3.61. The molecule has 0 aliphatic carbocycles. The van der Waals surface area contributed by atoms with Crippen molar-refractivity contribution in [3.8, 4) is 0 Å². The minimum absolute atomic E-state index is 0.130. The molecule has 0 unspecified atom stereocenters. The van der Waals surface area contributed by atoms with E-state index in [1.54, 1.807) is 11.2 Å². The Labute approximate surface area is 124 Å². The quantitative estimate of drug-likeness (QED) is 0.940. The second kappa shape index (κ2) is 5.74. The van der Waals surface area contributed by atoms with E-state index in [1.165, 1.54) is 11.1 Å². The van der Waals surface area contributed by atoms with Gasteiger partial charge >= 0.3 is 0 Å². The zero-order chi connectivity index (χ0) is 14.8. The Morgan fingerprint density at radius 3 is 2.81 bits per heavy atom. The predicted molar refractivity (Wildman–Crippen MR) is 80.7 cm³/mol. The van der Waals surface area contributed by atoms with E-state index in [-0.39, 0.29) is 11.9 Å². The molecule has 1 aliphatic rings. The van der Waals surface area contributed by atoms with Gasteiger partial charge in [0.15, 0.2) is 0 Å². The first-order valence-electron chi connectivity index (χ1n) is 7.23. The number of benzene rings is 1. The minimum atomic E-state index is -0.142. The topological polar surface area (TPSA) is 45.5 Å². The molecule has 1 aromatic carbocycles. The van der Waals surface area contributed by atoms with Crippen molar-refractivity contribution in [3.63, 3.8) is 0 Å². The minimum Gasteiger partial charge on any atom is -0.469 e. The van der Waals surface area contributed by atoms with E-state index in [2.05, 4.69) is 17.4 Å². The number of hydrogen-bond acceptors (Lipinski definition) is 3. The predicted octanol–water partition coefficient (Wildman–Crippen LogP) is 2.26. The summed E-state index contributed by atoms with van der Waals surface area (Å²) in [5, 5.41) is 3.34. The van der Waals surface area contributed by atoms with Crippen LogP contribution >= 0.6 is 0 Å². The van der Waals surface area contributed by atoms with Gasteiger partial charge in [0.05, 0.1) is 12.3 Å². The Bertz CT molecular complexity index is 648. The van der Waals surface area contributed by atoms with Gasteiger partial charge in [-0.2, -0.15) is 0 Å². The highest BCUT2D eigenvalue weighted by Gasteiger charge is 2.26. The average molecular weight is 284 g/mol. The molecule has 0 spiro atoms. The standard InChI is InChI=1S/C17H20N2O2/c1-12-15(7-8-21-12)11-19(2)17(20)16-9-13-5-3-4-6-14(13)10-18-16/h3-8,16,18H,9-11H2,1-2H3/t16-/m1/s1. The fourth-order valence-corrected chi connectivity index (χ4v) is 2.80. The molecular weight excluding hydrogens is 264 g/mol. The molecule has 0 radical (unpaired) electrons. The molecule has 2 heterocycles. The van der Waals surface area contributed by atoms with Crippen LogP contribution in [-0.4, -0.2) is 23.9 Å². The molecule has 21 heavy (non-hydrogen) atoms. The van der Waals surface area contributed by atoms with Crippen molar-refractivity contribution in [1.82, 2.24) is 10.2 Å². The molecule has 1 atom stereocenters. The van der Waals surface area contributed by atoms with Crippen molar-refractivity contribution >= 4 is 5.91 Å². The van der Waals surface area contributed by atoms with Gasteiger partial charge in [-0.15, -0.1) is 0 Å². The first-order chi connectivity index (χ1) is 10.1. The fraction of sp³-hybridized carbons (Fsp3) is 0.353. The van der Waals surface area contributed by atoms with Crippen LogP contribution in [0.5, 0.6) is 0 Å². The molecule has 0 bridgehead atoms. The lowest BCUT2D eigenvalue weighted by molar-refractivity contribution is -0.132. The molecule has 3 rings (SSSR count). The molecule has 0 saturated carbocycles. The lowest BCUT2D eigenvalue weighted by atomic mass is 9.95. The number of furan rings is 1. The number of amides is 1. The third-order valence-electron chi connectivity index (χ3n) is 4.13. The van der Waals surface area contributed by atoms with Crippen molar-refractivity contribution in [2.75, 3.05) is 7.05 Å². The SMILES string of the molecule is Cc1occc1CN(C)C(=O)[C@H]1Cc2ccccc2CN1. The Hall–Kier alpha value is -2.07. The van der Waals surface area contributed by atoms with Crippen molar-refractivity contribution in [2.24, 2.45) is 0 Å². The Morgan fingerprint density at radius 1 is 1.33 bits per heavy atom. The molecule has 4 heteroatoms. The molecule has 0 saturated heterocycles. The van der Waals surface area contributed by atoms with Crippen LogP contribution in [0, 0.1) is 6.92 Å². The number of fused-ring (bicyclic) bond motifs is 1. The van der Waals surface area contributed by atoms with Crippen LogP contribution < -0.4 is 5.32 Å². The smallest absolute Gasteiger partial charge is 0.240 e. The van der Waals surface area contributed by atoms with Gasteiger partial charge in [0.2, 0.25) is 5.91 Å². The highest BCUT2D eigenvalue weighted by atomic mass is 16.3. The second-order valence-corrected chi connectivity index (χ2v) is 5.60. The van der Waals surface area contributed by atoms with E-state index in [9.17, 15) is 4.79 Å². The van der Waals surface area contributed by atoms with Crippen LogP contribution in [0.4, 0.5) is 0 Å². The van der Waals surface area contributed by atoms with Crippen LogP contribution in [-0.2, 0) is 24.3 Å². The molecule has 110 valence electrons. The third kappa shape index (κ3) is 2.85. The summed E-state index contributed by atoms with van der Waals surface area (Å²) in [6.45, 7) is 3.26. The molecule has 1 amide bonds. The number of nitrogens with zero attached hydrogens (tertiary/aromatic N) is 1. The van der Waals surface area contributed by atoms with E-state index < -0.39 is 0 Å². The largest absolute Gasteiger partial charge is 0.469 e. The van der Waals surface area contributed by atoms with Gasteiger partial charge in [-0.1, -0.05) is 24.3 Å². The number of likely N-dealkylation sites (N-methyl/N-ethyl adjacent to an activating group) is 1. The van der Waals surface area contributed by atoms with E-state index >= 15 is 0 Å². The molecule has 0 fully saturated rings. The molecule has 1 N–H and O–H groups in total. The van der Waals surface area contributed by atoms with Crippen LogP contribution in [0.2, 0.25) is 0 Å². The molecule has 4 nitrogen and oxygen atoms in total. The maximum Gasteiger partial charge on any atom is 0.240 e. The Balaban J connectivity index is 1.67. The number of hydrogen-bond donors (Lipinski definition) is 1. The maximum atomic E-state index is 12.6. The Kier molecular flexibility index (Phi) is 3.80. The summed E-state index contributed by atoms with van der Waals surface area (Å²) in [4.78, 5) is 14.3. The number of rotatable bonds is 3. The summed E-state index contributed by atoms with van der Waals surface area (Å²) in [7, 11) is 1.84. The molecular formula is C17H20N2O2. The zero-order valence-electron chi connectivity index (χ0n) is 12.4. The maximum absolute atomic E-state index is 12.6. The van der Waals surface area contributed by atoms with Crippen LogP contribution in [0.1, 0.15) is 22.5 Å².